The van der Waals surface area contributed by atoms with E-state index in [0.717, 1.165) is 0 Å². The van der Waals surface area contributed by atoms with Gasteiger partial charge in [-0.05, 0) is 0 Å². The van der Waals surface area contributed by atoms with Crippen molar-refractivity contribution in [2.24, 2.45) is 0 Å². The predicted octanol–water partition coefficient (Wildman–Crippen LogP) is -9.12. The molecule has 20 N–H and O–H groups in total. The summed E-state index contributed by atoms with van der Waals surface area (Å²) in [4.78, 5) is 0. The van der Waals surface area contributed by atoms with Gasteiger partial charge in [-0.3, -0.25) is 91.1 Å². The molecule has 0 aromatic carbocycles. The molecule has 0 unspecified atom stereocenters. The Morgan fingerprint density at radius 1 is 0.130 bits per heavy atom. The van der Waals surface area contributed by atoms with Gasteiger partial charge in [0.05, 0.1) is 0 Å². The molecule has 0 aromatic rings. The van der Waals surface area contributed by atoms with Crippen LogP contribution in [0, 0.1) is 0 Å². The van der Waals surface area contributed by atoms with Crippen molar-refractivity contribution in [1.29, 1.82) is 0 Å². The number of hydrogen-bond acceptors (Lipinski definition) is 20. The van der Waals surface area contributed by atoms with Crippen LogP contribution < -0.4 is 0 Å². The second-order valence-electron chi connectivity index (χ2n) is 4.48. The number of rotatable bonds is 0. The van der Waals surface area contributed by atoms with Crippen LogP contribution in [0.4, 0.5) is 0 Å². The van der Waals surface area contributed by atoms with Gasteiger partial charge in [0.2, 0.25) is 0 Å². The number of hydrogen-bond donors (Lipinski definition) is 20. The van der Waals surface area contributed by atoms with Crippen LogP contribution in [0.5, 0.6) is 0 Å². The summed E-state index contributed by atoms with van der Waals surface area (Å²) in [6.45, 7) is 0. The molecule has 0 heterocycles. The Hall–Kier alpha value is 2.70. The first-order valence-electron chi connectivity index (χ1n) is 6.98. The van der Waals surface area contributed by atoms with E-state index < -0.39 is 104 Å². The summed E-state index contributed by atoms with van der Waals surface area (Å²) in [6, 6.07) is 0. The Kier molecular flexibility index (Phi) is 75.7. The van der Waals surface area contributed by atoms with Crippen LogP contribution in [0.15, 0.2) is 0 Å². The van der Waals surface area contributed by atoms with Crippen molar-refractivity contribution in [2.75, 3.05) is 0 Å². The molecule has 0 rings (SSSR count). The molecule has 0 bridgehead atoms. The molecule has 0 aliphatic rings. The van der Waals surface area contributed by atoms with Crippen molar-refractivity contribution in [3.8, 4) is 0 Å². The zero-order chi connectivity index (χ0) is 45.0. The van der Waals surface area contributed by atoms with E-state index in [4.69, 9.17) is 175 Å². The van der Waals surface area contributed by atoms with E-state index in [1.807, 2.05) is 0 Å². The third-order valence-electron chi connectivity index (χ3n) is 0. The molecule has 54 heavy (non-hydrogen) atoms. The minimum absolute atomic E-state index is 0. The molecule has 0 amide bonds. The van der Waals surface area contributed by atoms with Crippen molar-refractivity contribution in [1.82, 2.24) is 0 Å². The van der Waals surface area contributed by atoms with Gasteiger partial charge in [-0.2, -0.15) is 84.2 Å². The molecule has 0 atom stereocenters. The first kappa shape index (κ1) is 96.5. The fraction of sp³-hybridized carbons (Fsp3) is 0. The maximum atomic E-state index is 8.74. The minimum atomic E-state index is -4.67. The average molecular weight is 1080 g/mol. The van der Waals surface area contributed by atoms with Crippen LogP contribution in [0.1, 0.15) is 0 Å². The Morgan fingerprint density at radius 3 is 0.130 bits per heavy atom. The molecule has 328 valence electrons. The summed E-state index contributed by atoms with van der Waals surface area (Å²) >= 11 is 0. The van der Waals surface area contributed by atoms with Crippen molar-refractivity contribution < 1.29 is 175 Å². The Morgan fingerprint density at radius 2 is 0.130 bits per heavy atom. The first-order valence-corrected chi connectivity index (χ1v) is 21.0. The Bertz CT molecular complexity index is 1390. The van der Waals surface area contributed by atoms with Gasteiger partial charge in [0.1, 0.15) is 0 Å². The summed E-state index contributed by atoms with van der Waals surface area (Å²) in [7, 11) is -46.7. The van der Waals surface area contributed by atoms with Crippen molar-refractivity contribution >= 4 is 222 Å². The summed E-state index contributed by atoms with van der Waals surface area (Å²) in [5.41, 5.74) is 0. The van der Waals surface area contributed by atoms with Crippen LogP contribution >= 0.6 is 0 Å². The van der Waals surface area contributed by atoms with Gasteiger partial charge in [-0.25, -0.2) is 0 Å². The molecule has 0 fully saturated rings. The van der Waals surface area contributed by atoms with Gasteiger partial charge in [0.15, 0.2) is 0 Å². The van der Waals surface area contributed by atoms with Gasteiger partial charge in [-0.15, -0.1) is 0 Å². The van der Waals surface area contributed by atoms with Crippen molar-refractivity contribution in [2.45, 2.75) is 0 Å². The fourth-order valence-corrected chi connectivity index (χ4v) is 0. The van der Waals surface area contributed by atoms with E-state index >= 15 is 0 Å². The van der Waals surface area contributed by atoms with E-state index in [1.165, 1.54) is 0 Å². The van der Waals surface area contributed by atoms with E-state index in [-0.39, 0.29) is 118 Å². The third kappa shape index (κ3) is 21600. The van der Waals surface area contributed by atoms with E-state index in [9.17, 15) is 0 Å². The van der Waals surface area contributed by atoms with Gasteiger partial charge >= 0.3 is 222 Å². The molecule has 0 saturated carbocycles. The van der Waals surface area contributed by atoms with Crippen LogP contribution in [-0.4, -0.2) is 293 Å². The molecular formula is H24Na4O40S10. The van der Waals surface area contributed by atoms with Crippen LogP contribution in [0.2, 0.25) is 0 Å². The molecule has 54 heteroatoms. The van der Waals surface area contributed by atoms with Gasteiger partial charge in [-0.1, -0.05) is 0 Å². The fourth-order valence-electron chi connectivity index (χ4n) is 0. The monoisotopic (exact) mass is 1080 g/mol. The topological polar surface area (TPSA) is 746 Å². The van der Waals surface area contributed by atoms with Crippen LogP contribution in [-0.2, 0) is 104 Å². The predicted molar refractivity (Wildman–Crippen MR) is 170 cm³/mol. The summed E-state index contributed by atoms with van der Waals surface area (Å²) in [5, 5.41) is 0. The van der Waals surface area contributed by atoms with Crippen molar-refractivity contribution in [3.05, 3.63) is 0 Å². The SMILES string of the molecule is O=S(=O)(O)O.O=S(=O)(O)O.O=S(=O)(O)O.O=S(=O)(O)O.O=S(=O)(O)O.O=S(=O)(O)O.O=S(=O)(O)O.O=S(=O)(O)O.O=S(=O)(O)O.O=S(=O)(O)O.[NaH].[NaH].[NaH].[NaH]. The first-order chi connectivity index (χ1) is 20.0. The van der Waals surface area contributed by atoms with Crippen molar-refractivity contribution in [3.63, 3.8) is 0 Å². The molecule has 0 radical (unpaired) electrons. The van der Waals surface area contributed by atoms with E-state index in [1.54, 1.807) is 0 Å². The molecule has 0 spiro atoms. The third-order valence-corrected chi connectivity index (χ3v) is 0. The molecule has 0 aliphatic heterocycles. The summed E-state index contributed by atoms with van der Waals surface area (Å²) in [6.07, 6.45) is 0. The molecule has 0 aliphatic carbocycles. The van der Waals surface area contributed by atoms with Crippen LogP contribution in [0.25, 0.3) is 0 Å². The zero-order valence-electron chi connectivity index (χ0n) is 21.2. The van der Waals surface area contributed by atoms with Gasteiger partial charge < -0.3 is 0 Å². The standard InChI is InChI=1S/4Na.10H2O4S.4H/c;;;;10*1-5(2,3)4;;;;/h;;;;10*(H2,1,2,3,4);;;;. The average Bonchev–Trinajstić information content (AvgIpc) is 2.34. The maximum absolute atomic E-state index is 8.74. The molecule has 40 nitrogen and oxygen atoms in total. The normalized spacial score (nSPS) is 10.7. The molecule has 0 saturated heterocycles. The van der Waals surface area contributed by atoms with E-state index in [0.29, 0.717) is 0 Å². The summed E-state index contributed by atoms with van der Waals surface area (Å²) < 4.78 is 316. The zero-order valence-corrected chi connectivity index (χ0v) is 29.4. The Labute approximate surface area is 391 Å². The van der Waals surface area contributed by atoms with Gasteiger partial charge in [0.25, 0.3) is 0 Å². The molecular weight excluding hydrogens is 1050 g/mol. The van der Waals surface area contributed by atoms with Gasteiger partial charge in [0, 0.05) is 0 Å². The summed E-state index contributed by atoms with van der Waals surface area (Å²) in [5.74, 6) is 0. The van der Waals surface area contributed by atoms with Crippen LogP contribution in [0.3, 0.4) is 0 Å². The quantitative estimate of drug-likeness (QED) is 0.0791. The second kappa shape index (κ2) is 42.4. The second-order valence-corrected chi connectivity index (χ2v) is 13.4. The van der Waals surface area contributed by atoms with E-state index in [2.05, 4.69) is 0 Å². The Balaban J connectivity index is -0.0000000272. The molecule has 0 aromatic heterocycles.